The van der Waals surface area contributed by atoms with Crippen LogP contribution in [0.5, 0.6) is 0 Å². The van der Waals surface area contributed by atoms with Gasteiger partial charge in [0.15, 0.2) is 0 Å². The van der Waals surface area contributed by atoms with Crippen LogP contribution in [0.25, 0.3) is 0 Å². The number of rotatable bonds is 0. The molecule has 0 aromatic heterocycles. The lowest BCUT2D eigenvalue weighted by molar-refractivity contribution is 0.533. The van der Waals surface area contributed by atoms with Crippen molar-refractivity contribution in [3.63, 3.8) is 0 Å². The maximum Gasteiger partial charge on any atom is -0.0197 e. The number of allylic oxidation sites excluding steroid dienone is 4. The molecular formula is C13H20. The molecule has 0 aromatic rings. The summed E-state index contributed by atoms with van der Waals surface area (Å²) in [5.41, 5.74) is 1.73. The molecule has 0 nitrogen and oxygen atoms in total. The van der Waals surface area contributed by atoms with E-state index in [1.54, 1.807) is 5.57 Å². The third kappa shape index (κ3) is 2.04. The van der Waals surface area contributed by atoms with Crippen LogP contribution in [0.4, 0.5) is 0 Å². The van der Waals surface area contributed by atoms with E-state index in [0.717, 1.165) is 11.8 Å². The van der Waals surface area contributed by atoms with E-state index in [2.05, 4.69) is 25.2 Å². The molecule has 0 heteroatoms. The van der Waals surface area contributed by atoms with E-state index < -0.39 is 0 Å². The van der Waals surface area contributed by atoms with Crippen molar-refractivity contribution in [2.45, 2.75) is 45.4 Å². The summed E-state index contributed by atoms with van der Waals surface area (Å²) < 4.78 is 0. The fraction of sp³-hybridized carbons (Fsp3) is 0.692. The van der Waals surface area contributed by atoms with Crippen LogP contribution >= 0.6 is 0 Å². The summed E-state index contributed by atoms with van der Waals surface area (Å²) in [7, 11) is 0. The predicted molar refractivity (Wildman–Crippen MR) is 57.6 cm³/mol. The Bertz CT molecular complexity index is 222. The lowest BCUT2D eigenvalue weighted by Crippen LogP contribution is -1.99. The third-order valence-electron chi connectivity index (χ3n) is 3.59. The molecule has 0 saturated heterocycles. The Morgan fingerprint density at radius 3 is 3.00 bits per heavy atom. The highest BCUT2D eigenvalue weighted by molar-refractivity contribution is 5.21. The summed E-state index contributed by atoms with van der Waals surface area (Å²) in [6.07, 6.45) is 15.4. The first-order valence-corrected chi connectivity index (χ1v) is 5.74. The van der Waals surface area contributed by atoms with E-state index in [-0.39, 0.29) is 0 Å². The van der Waals surface area contributed by atoms with Gasteiger partial charge in [0.1, 0.15) is 0 Å². The second-order valence-corrected chi connectivity index (χ2v) is 4.55. The van der Waals surface area contributed by atoms with Gasteiger partial charge in [0, 0.05) is 0 Å². The number of hydrogen-bond donors (Lipinski definition) is 0. The second kappa shape index (κ2) is 4.13. The minimum atomic E-state index is 0.854. The summed E-state index contributed by atoms with van der Waals surface area (Å²) in [5, 5.41) is 0. The van der Waals surface area contributed by atoms with Crippen molar-refractivity contribution in [3.05, 3.63) is 23.8 Å². The average molecular weight is 176 g/mol. The van der Waals surface area contributed by atoms with Crippen LogP contribution in [-0.4, -0.2) is 0 Å². The molecule has 0 spiro atoms. The number of hydrogen-bond acceptors (Lipinski definition) is 0. The molecule has 2 atom stereocenters. The van der Waals surface area contributed by atoms with Gasteiger partial charge in [0.25, 0.3) is 0 Å². The van der Waals surface area contributed by atoms with Gasteiger partial charge in [-0.1, -0.05) is 37.1 Å². The van der Waals surface area contributed by atoms with E-state index in [1.807, 2.05) is 0 Å². The molecular weight excluding hydrogens is 156 g/mol. The highest BCUT2D eigenvalue weighted by atomic mass is 14.3. The molecule has 2 aliphatic rings. The van der Waals surface area contributed by atoms with Crippen molar-refractivity contribution < 1.29 is 0 Å². The topological polar surface area (TPSA) is 0 Å². The Labute approximate surface area is 81.7 Å². The highest BCUT2D eigenvalue weighted by Gasteiger charge is 2.26. The minimum absolute atomic E-state index is 0.854. The Balaban J connectivity index is 2.14. The van der Waals surface area contributed by atoms with Crippen LogP contribution in [0.3, 0.4) is 0 Å². The molecule has 0 bridgehead atoms. The molecule has 0 aliphatic heterocycles. The van der Waals surface area contributed by atoms with Crippen molar-refractivity contribution in [2.24, 2.45) is 11.8 Å². The summed E-state index contributed by atoms with van der Waals surface area (Å²) in [6, 6.07) is 0. The van der Waals surface area contributed by atoms with E-state index in [0.29, 0.717) is 0 Å². The second-order valence-electron chi connectivity index (χ2n) is 4.55. The maximum atomic E-state index is 2.40. The van der Waals surface area contributed by atoms with Gasteiger partial charge in [-0.25, -0.2) is 0 Å². The summed E-state index contributed by atoms with van der Waals surface area (Å²) >= 11 is 0. The Hall–Kier alpha value is -0.520. The Kier molecular flexibility index (Phi) is 2.87. The molecule has 0 radical (unpaired) electrons. The van der Waals surface area contributed by atoms with Gasteiger partial charge < -0.3 is 0 Å². The Morgan fingerprint density at radius 1 is 1.15 bits per heavy atom. The zero-order valence-corrected chi connectivity index (χ0v) is 8.63. The zero-order valence-electron chi connectivity index (χ0n) is 8.63. The highest BCUT2D eigenvalue weighted by Crippen LogP contribution is 2.39. The number of fused-ring (bicyclic) bond motifs is 1. The summed E-state index contributed by atoms with van der Waals surface area (Å²) in [5.74, 6) is 1.78. The first kappa shape index (κ1) is 9.05. The Morgan fingerprint density at radius 2 is 2.08 bits per heavy atom. The normalized spacial score (nSPS) is 34.4. The smallest absolute Gasteiger partial charge is 0.0197 e. The van der Waals surface area contributed by atoms with E-state index in [9.17, 15) is 0 Å². The third-order valence-corrected chi connectivity index (χ3v) is 3.59. The molecule has 2 unspecified atom stereocenters. The van der Waals surface area contributed by atoms with Crippen LogP contribution in [0.1, 0.15) is 45.4 Å². The van der Waals surface area contributed by atoms with E-state index in [1.165, 1.54) is 38.5 Å². The molecule has 1 saturated carbocycles. The molecule has 13 heavy (non-hydrogen) atoms. The van der Waals surface area contributed by atoms with Crippen molar-refractivity contribution in [3.8, 4) is 0 Å². The quantitative estimate of drug-likeness (QED) is 0.521. The van der Waals surface area contributed by atoms with Gasteiger partial charge >= 0.3 is 0 Å². The lowest BCUT2D eigenvalue weighted by Gasteiger charge is -2.12. The van der Waals surface area contributed by atoms with Crippen LogP contribution in [-0.2, 0) is 0 Å². The van der Waals surface area contributed by atoms with Gasteiger partial charge in [-0.15, -0.1) is 0 Å². The van der Waals surface area contributed by atoms with Crippen molar-refractivity contribution in [2.75, 3.05) is 0 Å². The lowest BCUT2D eigenvalue weighted by atomic mass is 9.93. The molecule has 2 rings (SSSR count). The fourth-order valence-corrected chi connectivity index (χ4v) is 2.73. The average Bonchev–Trinajstić information content (AvgIpc) is 2.51. The molecule has 1 fully saturated rings. The fourth-order valence-electron chi connectivity index (χ4n) is 2.73. The first-order valence-electron chi connectivity index (χ1n) is 5.74. The van der Waals surface area contributed by atoms with Gasteiger partial charge in [0.2, 0.25) is 0 Å². The van der Waals surface area contributed by atoms with Gasteiger partial charge in [-0.3, -0.25) is 0 Å². The van der Waals surface area contributed by atoms with Crippen LogP contribution in [0.15, 0.2) is 23.8 Å². The van der Waals surface area contributed by atoms with Crippen LogP contribution in [0.2, 0.25) is 0 Å². The van der Waals surface area contributed by atoms with Gasteiger partial charge in [-0.05, 0) is 43.9 Å². The van der Waals surface area contributed by atoms with Crippen LogP contribution < -0.4 is 0 Å². The molecule has 0 heterocycles. The maximum absolute atomic E-state index is 2.40. The summed E-state index contributed by atoms with van der Waals surface area (Å²) in [4.78, 5) is 0. The standard InChI is InChI=1S/C13H20/c1-11-9-10-12-7-5-3-2-4-6-8-13(11)12/h4,6,8,11-12H,2-3,5,7,9-10H2,1H3. The molecule has 2 aliphatic carbocycles. The van der Waals surface area contributed by atoms with Crippen molar-refractivity contribution >= 4 is 0 Å². The predicted octanol–water partition coefficient (Wildman–Crippen LogP) is 4.09. The first-order chi connectivity index (χ1) is 6.38. The molecule has 0 N–H and O–H groups in total. The SMILES string of the molecule is CC1CCC2CCCCC=CC=C12. The molecule has 72 valence electrons. The molecule has 0 amide bonds. The van der Waals surface area contributed by atoms with Gasteiger partial charge in [0.05, 0.1) is 0 Å². The largest absolute Gasteiger partial charge is 0.0845 e. The minimum Gasteiger partial charge on any atom is -0.0845 e. The molecule has 0 aromatic carbocycles. The van der Waals surface area contributed by atoms with E-state index >= 15 is 0 Å². The summed E-state index contributed by atoms with van der Waals surface area (Å²) in [6.45, 7) is 2.39. The van der Waals surface area contributed by atoms with Gasteiger partial charge in [-0.2, -0.15) is 0 Å². The monoisotopic (exact) mass is 176 g/mol. The zero-order chi connectivity index (χ0) is 9.10. The van der Waals surface area contributed by atoms with Crippen LogP contribution in [0, 0.1) is 11.8 Å². The van der Waals surface area contributed by atoms with Crippen molar-refractivity contribution in [1.29, 1.82) is 0 Å². The van der Waals surface area contributed by atoms with Crippen molar-refractivity contribution in [1.82, 2.24) is 0 Å². The van der Waals surface area contributed by atoms with E-state index in [4.69, 9.17) is 0 Å².